The lowest BCUT2D eigenvalue weighted by Crippen LogP contribution is -2.34. The van der Waals surface area contributed by atoms with Gasteiger partial charge in [0.1, 0.15) is 0 Å². The van der Waals surface area contributed by atoms with Crippen molar-refractivity contribution in [3.05, 3.63) is 32.7 Å². The average molecular weight is 285 g/mol. The van der Waals surface area contributed by atoms with Gasteiger partial charge in [-0.25, -0.2) is 0 Å². The van der Waals surface area contributed by atoms with Crippen LogP contribution in [0.15, 0.2) is 21.5 Å². The van der Waals surface area contributed by atoms with Gasteiger partial charge < -0.3 is 9.88 Å². The number of aryl methyl sites for hydroxylation is 1. The lowest BCUT2D eigenvalue weighted by molar-refractivity contribution is 0.333. The van der Waals surface area contributed by atoms with Crippen LogP contribution in [0, 0.1) is 12.8 Å². The third kappa shape index (κ3) is 2.74. The SMILES string of the molecule is Cc1cc(Br)c(=O)n(CC2CCCNC2)c1. The van der Waals surface area contributed by atoms with E-state index in [1.165, 1.54) is 12.8 Å². The molecular weight excluding hydrogens is 268 g/mol. The molecule has 1 saturated heterocycles. The number of hydrogen-bond acceptors (Lipinski definition) is 2. The maximum atomic E-state index is 11.9. The molecule has 16 heavy (non-hydrogen) atoms. The highest BCUT2D eigenvalue weighted by atomic mass is 79.9. The predicted molar refractivity (Wildman–Crippen MR) is 68.7 cm³/mol. The molecule has 1 unspecified atom stereocenters. The second kappa shape index (κ2) is 5.15. The number of nitrogens with zero attached hydrogens (tertiary/aromatic N) is 1. The van der Waals surface area contributed by atoms with Crippen LogP contribution < -0.4 is 10.9 Å². The first kappa shape index (κ1) is 11.9. The minimum atomic E-state index is 0.0798. The Morgan fingerprint density at radius 3 is 3.12 bits per heavy atom. The van der Waals surface area contributed by atoms with E-state index in [9.17, 15) is 4.79 Å². The topological polar surface area (TPSA) is 34.0 Å². The zero-order valence-electron chi connectivity index (χ0n) is 9.50. The number of aromatic nitrogens is 1. The molecule has 1 aromatic heterocycles. The lowest BCUT2D eigenvalue weighted by Gasteiger charge is -2.23. The molecule has 1 aliphatic rings. The fourth-order valence-corrected chi connectivity index (χ4v) is 2.82. The van der Waals surface area contributed by atoms with Gasteiger partial charge in [-0.1, -0.05) is 0 Å². The monoisotopic (exact) mass is 284 g/mol. The summed E-state index contributed by atoms with van der Waals surface area (Å²) in [6, 6.07) is 1.87. The smallest absolute Gasteiger partial charge is 0.264 e. The van der Waals surface area contributed by atoms with E-state index in [-0.39, 0.29) is 5.56 Å². The van der Waals surface area contributed by atoms with Crippen molar-refractivity contribution in [3.8, 4) is 0 Å². The van der Waals surface area contributed by atoms with Gasteiger partial charge in [0.15, 0.2) is 0 Å². The van der Waals surface area contributed by atoms with Crippen LogP contribution in [-0.4, -0.2) is 17.7 Å². The Morgan fingerprint density at radius 2 is 2.44 bits per heavy atom. The summed E-state index contributed by atoms with van der Waals surface area (Å²) in [5, 5.41) is 3.38. The normalized spacial score (nSPS) is 21.0. The number of piperidine rings is 1. The van der Waals surface area contributed by atoms with Crippen LogP contribution in [0.4, 0.5) is 0 Å². The van der Waals surface area contributed by atoms with Gasteiger partial charge in [0.2, 0.25) is 0 Å². The van der Waals surface area contributed by atoms with Crippen molar-refractivity contribution in [3.63, 3.8) is 0 Å². The van der Waals surface area contributed by atoms with Gasteiger partial charge in [-0.2, -0.15) is 0 Å². The Morgan fingerprint density at radius 1 is 1.62 bits per heavy atom. The molecule has 0 radical (unpaired) electrons. The predicted octanol–water partition coefficient (Wildman–Crippen LogP) is 1.92. The molecule has 4 heteroatoms. The summed E-state index contributed by atoms with van der Waals surface area (Å²) < 4.78 is 2.49. The van der Waals surface area contributed by atoms with E-state index < -0.39 is 0 Å². The molecule has 1 N–H and O–H groups in total. The Hall–Kier alpha value is -0.610. The highest BCUT2D eigenvalue weighted by Gasteiger charge is 2.14. The van der Waals surface area contributed by atoms with Crippen molar-refractivity contribution in [2.45, 2.75) is 26.3 Å². The Kier molecular flexibility index (Phi) is 3.82. The molecule has 1 atom stereocenters. The number of halogens is 1. The molecule has 1 fully saturated rings. The molecular formula is C12H17BrN2O. The van der Waals surface area contributed by atoms with Crippen molar-refractivity contribution in [2.24, 2.45) is 5.92 Å². The minimum absolute atomic E-state index is 0.0798. The van der Waals surface area contributed by atoms with Crippen molar-refractivity contribution in [1.29, 1.82) is 0 Å². The van der Waals surface area contributed by atoms with Crippen LogP contribution in [-0.2, 0) is 6.54 Å². The molecule has 0 spiro atoms. The summed E-state index contributed by atoms with van der Waals surface area (Å²) in [4.78, 5) is 11.9. The third-order valence-electron chi connectivity index (χ3n) is 3.03. The zero-order valence-corrected chi connectivity index (χ0v) is 11.1. The second-order valence-electron chi connectivity index (χ2n) is 4.54. The molecule has 2 heterocycles. The zero-order chi connectivity index (χ0) is 11.5. The van der Waals surface area contributed by atoms with Gasteiger partial charge in [0.25, 0.3) is 5.56 Å². The van der Waals surface area contributed by atoms with Crippen molar-refractivity contribution < 1.29 is 0 Å². The van der Waals surface area contributed by atoms with Crippen LogP contribution in [0.3, 0.4) is 0 Å². The first-order chi connectivity index (χ1) is 7.66. The molecule has 0 aromatic carbocycles. The highest BCUT2D eigenvalue weighted by molar-refractivity contribution is 9.10. The van der Waals surface area contributed by atoms with E-state index in [0.717, 1.165) is 25.2 Å². The molecule has 1 aromatic rings. The first-order valence-electron chi connectivity index (χ1n) is 5.74. The highest BCUT2D eigenvalue weighted by Crippen LogP contribution is 2.13. The van der Waals surface area contributed by atoms with E-state index in [4.69, 9.17) is 0 Å². The average Bonchev–Trinajstić information content (AvgIpc) is 2.27. The van der Waals surface area contributed by atoms with Gasteiger partial charge in [0.05, 0.1) is 4.47 Å². The molecule has 2 rings (SSSR count). The summed E-state index contributed by atoms with van der Waals surface area (Å²) in [5.74, 6) is 0.583. The van der Waals surface area contributed by atoms with Crippen LogP contribution in [0.5, 0.6) is 0 Å². The molecule has 3 nitrogen and oxygen atoms in total. The van der Waals surface area contributed by atoms with Gasteiger partial charge in [-0.3, -0.25) is 4.79 Å². The van der Waals surface area contributed by atoms with E-state index in [1.807, 2.05) is 23.8 Å². The summed E-state index contributed by atoms with van der Waals surface area (Å²) >= 11 is 3.31. The van der Waals surface area contributed by atoms with Crippen molar-refractivity contribution in [1.82, 2.24) is 9.88 Å². The second-order valence-corrected chi connectivity index (χ2v) is 5.39. The summed E-state index contributed by atoms with van der Waals surface area (Å²) in [6.07, 6.45) is 4.37. The van der Waals surface area contributed by atoms with Gasteiger partial charge in [-0.05, 0) is 66.3 Å². The van der Waals surface area contributed by atoms with E-state index in [2.05, 4.69) is 21.2 Å². The Labute approximate surface area is 104 Å². The standard InChI is InChI=1S/C12H17BrN2O/c1-9-5-11(13)12(16)15(7-9)8-10-3-2-4-14-6-10/h5,7,10,14H,2-4,6,8H2,1H3. The van der Waals surface area contributed by atoms with Gasteiger partial charge >= 0.3 is 0 Å². The van der Waals surface area contributed by atoms with Crippen LogP contribution >= 0.6 is 15.9 Å². The number of pyridine rings is 1. The first-order valence-corrected chi connectivity index (χ1v) is 6.53. The molecule has 0 amide bonds. The van der Waals surface area contributed by atoms with Crippen LogP contribution in [0.1, 0.15) is 18.4 Å². The van der Waals surface area contributed by atoms with E-state index in [0.29, 0.717) is 10.4 Å². The van der Waals surface area contributed by atoms with Gasteiger partial charge in [0, 0.05) is 12.7 Å². The number of rotatable bonds is 2. The maximum absolute atomic E-state index is 11.9. The summed E-state index contributed by atoms with van der Waals surface area (Å²) in [6.45, 7) is 4.98. The number of hydrogen-bond donors (Lipinski definition) is 1. The molecule has 0 aliphatic carbocycles. The molecule has 88 valence electrons. The summed E-state index contributed by atoms with van der Waals surface area (Å²) in [7, 11) is 0. The third-order valence-corrected chi connectivity index (χ3v) is 3.60. The van der Waals surface area contributed by atoms with Gasteiger partial charge in [-0.15, -0.1) is 0 Å². The fraction of sp³-hybridized carbons (Fsp3) is 0.583. The molecule has 1 aliphatic heterocycles. The minimum Gasteiger partial charge on any atom is -0.316 e. The van der Waals surface area contributed by atoms with Crippen molar-refractivity contribution >= 4 is 15.9 Å². The molecule has 0 bridgehead atoms. The fourth-order valence-electron chi connectivity index (χ4n) is 2.23. The maximum Gasteiger partial charge on any atom is 0.264 e. The molecule has 0 saturated carbocycles. The Bertz CT molecular complexity index is 422. The largest absolute Gasteiger partial charge is 0.316 e. The van der Waals surface area contributed by atoms with E-state index >= 15 is 0 Å². The lowest BCUT2D eigenvalue weighted by atomic mass is 9.99. The number of nitrogens with one attached hydrogen (secondary N) is 1. The van der Waals surface area contributed by atoms with Crippen molar-refractivity contribution in [2.75, 3.05) is 13.1 Å². The van der Waals surface area contributed by atoms with Crippen LogP contribution in [0.25, 0.3) is 0 Å². The van der Waals surface area contributed by atoms with E-state index in [1.54, 1.807) is 0 Å². The van der Waals surface area contributed by atoms with Crippen LogP contribution in [0.2, 0.25) is 0 Å². The quantitative estimate of drug-likeness (QED) is 0.900. The Balaban J connectivity index is 2.17. The summed E-state index contributed by atoms with van der Waals surface area (Å²) in [5.41, 5.74) is 1.20.